The van der Waals surface area contributed by atoms with Gasteiger partial charge in [-0.2, -0.15) is 0 Å². The van der Waals surface area contributed by atoms with Crippen LogP contribution in [-0.4, -0.2) is 59.7 Å². The molecule has 6 heteroatoms. The molecule has 1 atom stereocenters. The molecule has 3 amide bonds. The van der Waals surface area contributed by atoms with E-state index in [1.807, 2.05) is 25.1 Å². The maximum absolute atomic E-state index is 11.6. The van der Waals surface area contributed by atoms with Crippen LogP contribution in [0.2, 0.25) is 0 Å². The number of carbonyl (C=O) groups excluding carboxylic acids is 2. The van der Waals surface area contributed by atoms with Crippen LogP contribution in [0.5, 0.6) is 5.75 Å². The molecule has 0 aliphatic carbocycles. The number of amides is 3. The van der Waals surface area contributed by atoms with Gasteiger partial charge in [-0.15, -0.1) is 0 Å². The van der Waals surface area contributed by atoms with E-state index in [0.29, 0.717) is 5.75 Å². The summed E-state index contributed by atoms with van der Waals surface area (Å²) in [5, 5.41) is 9.87. The first-order valence-electron chi connectivity index (χ1n) is 6.40. The minimum Gasteiger partial charge on any atom is -0.491 e. The summed E-state index contributed by atoms with van der Waals surface area (Å²) in [6.07, 6.45) is -0.907. The number of nitrogens with zero attached hydrogens (tertiary/aromatic N) is 2. The molecule has 6 nitrogen and oxygen atoms in total. The molecule has 0 radical (unpaired) electrons. The van der Waals surface area contributed by atoms with E-state index in [-0.39, 0.29) is 31.6 Å². The van der Waals surface area contributed by atoms with Gasteiger partial charge in [0.05, 0.1) is 6.54 Å². The van der Waals surface area contributed by atoms with Crippen molar-refractivity contribution < 1.29 is 19.4 Å². The number of aliphatic hydroxyl groups excluding tert-OH is 1. The van der Waals surface area contributed by atoms with E-state index in [4.69, 9.17) is 4.74 Å². The minimum atomic E-state index is -0.907. The van der Waals surface area contributed by atoms with E-state index >= 15 is 0 Å². The summed E-state index contributed by atoms with van der Waals surface area (Å²) in [4.78, 5) is 25.6. The summed E-state index contributed by atoms with van der Waals surface area (Å²) in [6, 6.07) is 7.07. The van der Waals surface area contributed by atoms with Crippen molar-refractivity contribution in [1.29, 1.82) is 0 Å². The first kappa shape index (κ1) is 14.3. The maximum atomic E-state index is 11.6. The average molecular weight is 278 g/mol. The van der Waals surface area contributed by atoms with Crippen molar-refractivity contribution >= 4 is 11.9 Å². The fraction of sp³-hybridized carbons (Fsp3) is 0.429. The van der Waals surface area contributed by atoms with Gasteiger partial charge in [0.25, 0.3) is 0 Å². The number of likely N-dealkylation sites (N-methyl/N-ethyl adjacent to an activating group) is 1. The smallest absolute Gasteiger partial charge is 0.327 e. The second kappa shape index (κ2) is 5.92. The zero-order chi connectivity index (χ0) is 14.7. The number of β-amino-alcohol motifs (C(OH)–C–C–N with tert-alkyl or cyclic N) is 1. The van der Waals surface area contributed by atoms with Gasteiger partial charge in [0.1, 0.15) is 25.0 Å². The van der Waals surface area contributed by atoms with E-state index in [2.05, 4.69) is 0 Å². The van der Waals surface area contributed by atoms with Crippen LogP contribution in [0, 0.1) is 6.92 Å². The van der Waals surface area contributed by atoms with Gasteiger partial charge in [-0.3, -0.25) is 9.69 Å². The Bertz CT molecular complexity index is 518. The lowest BCUT2D eigenvalue weighted by Crippen LogP contribution is -2.40. The second-order valence-corrected chi connectivity index (χ2v) is 4.92. The summed E-state index contributed by atoms with van der Waals surface area (Å²) < 4.78 is 5.44. The summed E-state index contributed by atoms with van der Waals surface area (Å²) in [5.41, 5.74) is 1.06. The highest BCUT2D eigenvalue weighted by atomic mass is 16.5. The average Bonchev–Trinajstić information content (AvgIpc) is 2.63. The van der Waals surface area contributed by atoms with Crippen LogP contribution in [0.4, 0.5) is 4.79 Å². The SMILES string of the molecule is Cc1cccc(OCC(O)CN2C(=O)CN(C)C2=O)c1. The molecule has 1 aliphatic rings. The quantitative estimate of drug-likeness (QED) is 0.802. The molecule has 1 saturated heterocycles. The Balaban J connectivity index is 1.85. The predicted octanol–water partition coefficient (Wildman–Crippen LogP) is 0.629. The lowest BCUT2D eigenvalue weighted by molar-refractivity contribution is -0.126. The fourth-order valence-electron chi connectivity index (χ4n) is 2.01. The highest BCUT2D eigenvalue weighted by Crippen LogP contribution is 2.13. The van der Waals surface area contributed by atoms with E-state index in [9.17, 15) is 14.7 Å². The van der Waals surface area contributed by atoms with E-state index in [1.165, 1.54) is 4.90 Å². The number of benzene rings is 1. The van der Waals surface area contributed by atoms with Gasteiger partial charge < -0.3 is 14.7 Å². The van der Waals surface area contributed by atoms with Crippen molar-refractivity contribution in [2.24, 2.45) is 0 Å². The minimum absolute atomic E-state index is 0.0320. The van der Waals surface area contributed by atoms with Gasteiger partial charge in [-0.25, -0.2) is 4.79 Å². The van der Waals surface area contributed by atoms with Crippen LogP contribution in [0.15, 0.2) is 24.3 Å². The molecule has 1 fully saturated rings. The molecule has 2 rings (SSSR count). The van der Waals surface area contributed by atoms with E-state index < -0.39 is 6.10 Å². The Kier molecular flexibility index (Phi) is 4.24. The zero-order valence-corrected chi connectivity index (χ0v) is 11.6. The Morgan fingerprint density at radius 3 is 2.75 bits per heavy atom. The number of aryl methyl sites for hydroxylation is 1. The highest BCUT2D eigenvalue weighted by molar-refractivity contribution is 6.01. The summed E-state index contributed by atoms with van der Waals surface area (Å²) >= 11 is 0. The highest BCUT2D eigenvalue weighted by Gasteiger charge is 2.34. The summed E-state index contributed by atoms with van der Waals surface area (Å²) in [6.45, 7) is 1.99. The summed E-state index contributed by atoms with van der Waals surface area (Å²) in [7, 11) is 1.55. The van der Waals surface area contributed by atoms with E-state index in [1.54, 1.807) is 13.1 Å². The van der Waals surface area contributed by atoms with Crippen molar-refractivity contribution in [3.63, 3.8) is 0 Å². The monoisotopic (exact) mass is 278 g/mol. The molecule has 0 saturated carbocycles. The van der Waals surface area contributed by atoms with Gasteiger partial charge in [-0.1, -0.05) is 12.1 Å². The lowest BCUT2D eigenvalue weighted by atomic mass is 10.2. The largest absolute Gasteiger partial charge is 0.491 e. The molecular weight excluding hydrogens is 260 g/mol. The maximum Gasteiger partial charge on any atom is 0.327 e. The molecule has 108 valence electrons. The van der Waals surface area contributed by atoms with Crippen molar-refractivity contribution in [1.82, 2.24) is 9.80 Å². The zero-order valence-electron chi connectivity index (χ0n) is 11.6. The molecule has 1 aromatic carbocycles. The third-order valence-corrected chi connectivity index (χ3v) is 3.06. The molecule has 1 N–H and O–H groups in total. The number of hydrogen-bond donors (Lipinski definition) is 1. The number of urea groups is 1. The standard InChI is InChI=1S/C14H18N2O4/c1-10-4-3-5-12(6-10)20-9-11(17)7-16-13(18)8-15(2)14(16)19/h3-6,11,17H,7-9H2,1-2H3. The molecule has 0 aromatic heterocycles. The Labute approximate surface area is 117 Å². The van der Waals surface area contributed by atoms with Gasteiger partial charge in [0.15, 0.2) is 0 Å². The van der Waals surface area contributed by atoms with E-state index in [0.717, 1.165) is 10.5 Å². The van der Waals surface area contributed by atoms with Crippen molar-refractivity contribution in [3.8, 4) is 5.75 Å². The third kappa shape index (κ3) is 3.27. The third-order valence-electron chi connectivity index (χ3n) is 3.06. The lowest BCUT2D eigenvalue weighted by Gasteiger charge is -2.18. The number of rotatable bonds is 5. The molecule has 0 bridgehead atoms. The van der Waals surface area contributed by atoms with Crippen molar-refractivity contribution in [3.05, 3.63) is 29.8 Å². The van der Waals surface area contributed by atoms with Crippen LogP contribution in [0.25, 0.3) is 0 Å². The summed E-state index contributed by atoms with van der Waals surface area (Å²) in [5.74, 6) is 0.354. The topological polar surface area (TPSA) is 70.1 Å². The van der Waals surface area contributed by atoms with Crippen LogP contribution in [0.1, 0.15) is 5.56 Å². The van der Waals surface area contributed by atoms with Crippen molar-refractivity contribution in [2.45, 2.75) is 13.0 Å². The number of ether oxygens (including phenoxy) is 1. The molecule has 1 heterocycles. The Morgan fingerprint density at radius 1 is 1.40 bits per heavy atom. The van der Waals surface area contributed by atoms with Crippen molar-refractivity contribution in [2.75, 3.05) is 26.7 Å². The van der Waals surface area contributed by atoms with Crippen LogP contribution >= 0.6 is 0 Å². The van der Waals surface area contributed by atoms with Crippen LogP contribution < -0.4 is 4.74 Å². The first-order chi connectivity index (χ1) is 9.47. The molecule has 20 heavy (non-hydrogen) atoms. The van der Waals surface area contributed by atoms with Crippen LogP contribution in [0.3, 0.4) is 0 Å². The van der Waals surface area contributed by atoms with Gasteiger partial charge >= 0.3 is 6.03 Å². The van der Waals surface area contributed by atoms with Crippen LogP contribution in [-0.2, 0) is 4.79 Å². The second-order valence-electron chi connectivity index (χ2n) is 4.92. The molecule has 1 aliphatic heterocycles. The fourth-order valence-corrected chi connectivity index (χ4v) is 2.01. The first-order valence-corrected chi connectivity index (χ1v) is 6.40. The number of imide groups is 1. The number of aliphatic hydroxyl groups is 1. The Morgan fingerprint density at radius 2 is 2.15 bits per heavy atom. The number of carbonyl (C=O) groups is 2. The Hall–Kier alpha value is -2.08. The molecule has 0 spiro atoms. The predicted molar refractivity (Wildman–Crippen MR) is 72.4 cm³/mol. The van der Waals surface area contributed by atoms with Gasteiger partial charge in [-0.05, 0) is 24.6 Å². The molecule has 1 aromatic rings. The van der Waals surface area contributed by atoms with Gasteiger partial charge in [0, 0.05) is 7.05 Å². The van der Waals surface area contributed by atoms with Gasteiger partial charge in [0.2, 0.25) is 5.91 Å². The number of hydrogen-bond acceptors (Lipinski definition) is 4. The molecule has 1 unspecified atom stereocenters. The molecular formula is C14H18N2O4. The normalized spacial score (nSPS) is 16.8.